The monoisotopic (exact) mass is 86.1 g/mol. The average Bonchev–Trinajstić information content (AvgIpc) is 0.722. The molecule has 0 amide bonds. The summed E-state index contributed by atoms with van der Waals surface area (Å²) >= 11 is 0. The minimum atomic E-state index is 0.417. The van der Waals surface area contributed by atoms with Gasteiger partial charge in [0, 0.05) is 10.2 Å². The fraction of sp³-hybridized carbons (Fsp3) is 1.00. The molecule has 0 saturated heterocycles. The second kappa shape index (κ2) is 1.13. The summed E-state index contributed by atoms with van der Waals surface area (Å²) in [5.41, 5.74) is 0. The van der Waals surface area contributed by atoms with Crippen LogP contribution in [0.25, 0.3) is 0 Å². The van der Waals surface area contributed by atoms with Gasteiger partial charge < -0.3 is 0 Å². The Morgan fingerprint density at radius 3 is 1.20 bits per heavy atom. The van der Waals surface area contributed by atoms with Gasteiger partial charge in [-0.15, -0.1) is 0 Å². The van der Waals surface area contributed by atoms with Crippen molar-refractivity contribution in [2.45, 2.75) is 25.8 Å². The molecule has 1 heteroatoms. The summed E-state index contributed by atoms with van der Waals surface area (Å²) in [5, 5.41) is 0.417. The molecule has 0 aromatic heterocycles. The summed E-state index contributed by atoms with van der Waals surface area (Å²) in [6, 6.07) is 0. The maximum atomic E-state index is 2.72. The Bertz CT molecular complexity index is 19.1. The van der Waals surface area contributed by atoms with E-state index < -0.39 is 0 Å². The zero-order chi connectivity index (χ0) is 4.50. The first-order chi connectivity index (χ1) is 2.00. The van der Waals surface area contributed by atoms with E-state index in [-0.39, 0.29) is 0 Å². The molecule has 30 valence electrons. The molecular formula is C4H10Si. The third-order valence-corrected chi connectivity index (χ3v) is 0. The SMILES string of the molecule is CC(C)(C)[SiH]. The Kier molecular flexibility index (Phi) is 1.18. The lowest BCUT2D eigenvalue weighted by molar-refractivity contribution is 0.767. The van der Waals surface area contributed by atoms with Crippen LogP contribution in [0.15, 0.2) is 0 Å². The molecule has 0 aliphatic carbocycles. The van der Waals surface area contributed by atoms with Crippen LogP contribution in [0.1, 0.15) is 20.8 Å². The van der Waals surface area contributed by atoms with Gasteiger partial charge in [-0.05, 0) is 0 Å². The first-order valence-electron chi connectivity index (χ1n) is 1.79. The molecule has 2 radical (unpaired) electrons. The molecule has 0 rings (SSSR count). The van der Waals surface area contributed by atoms with Crippen molar-refractivity contribution in [2.24, 2.45) is 0 Å². The summed E-state index contributed by atoms with van der Waals surface area (Å²) < 4.78 is 0. The summed E-state index contributed by atoms with van der Waals surface area (Å²) in [6.45, 7) is 6.45. The minimum Gasteiger partial charge on any atom is -0.0634 e. The van der Waals surface area contributed by atoms with E-state index in [0.29, 0.717) is 5.04 Å². The lowest BCUT2D eigenvalue weighted by atomic mass is 10.3. The van der Waals surface area contributed by atoms with E-state index in [2.05, 4.69) is 31.0 Å². The second-order valence-corrected chi connectivity index (χ2v) is 4.10. The zero-order valence-corrected chi connectivity index (χ0v) is 5.23. The van der Waals surface area contributed by atoms with Crippen LogP contribution in [0.4, 0.5) is 0 Å². The van der Waals surface area contributed by atoms with E-state index in [1.54, 1.807) is 0 Å². The van der Waals surface area contributed by atoms with Gasteiger partial charge in [-0.2, -0.15) is 0 Å². The van der Waals surface area contributed by atoms with Crippen LogP contribution in [-0.4, -0.2) is 10.2 Å². The Morgan fingerprint density at radius 1 is 1.20 bits per heavy atom. The highest BCUT2D eigenvalue weighted by Crippen LogP contribution is 2.13. The van der Waals surface area contributed by atoms with Crippen LogP contribution in [0.3, 0.4) is 0 Å². The second-order valence-electron chi connectivity index (χ2n) is 2.37. The lowest BCUT2D eigenvalue weighted by Crippen LogP contribution is -1.90. The van der Waals surface area contributed by atoms with Crippen molar-refractivity contribution in [1.82, 2.24) is 0 Å². The number of hydrogen-bond acceptors (Lipinski definition) is 0. The van der Waals surface area contributed by atoms with E-state index in [1.165, 1.54) is 0 Å². The van der Waals surface area contributed by atoms with Crippen molar-refractivity contribution < 1.29 is 0 Å². The number of rotatable bonds is 0. The number of hydrogen-bond donors (Lipinski definition) is 0. The highest BCUT2D eigenvalue weighted by Gasteiger charge is 1.96. The zero-order valence-electron chi connectivity index (χ0n) is 4.08. The standard InChI is InChI=1S/C4H10Si/c1-4(2,3)5/h5H,1-3H3. The van der Waals surface area contributed by atoms with Crippen LogP contribution in [-0.2, 0) is 0 Å². The molecule has 0 nitrogen and oxygen atoms in total. The van der Waals surface area contributed by atoms with Crippen LogP contribution >= 0.6 is 0 Å². The summed E-state index contributed by atoms with van der Waals surface area (Å²) in [6.07, 6.45) is 0. The van der Waals surface area contributed by atoms with Gasteiger partial charge in [-0.25, -0.2) is 0 Å². The fourth-order valence-electron chi connectivity index (χ4n) is 0. The Labute approximate surface area is 37.0 Å². The Morgan fingerprint density at radius 2 is 1.20 bits per heavy atom. The lowest BCUT2D eigenvalue weighted by Gasteiger charge is -2.05. The van der Waals surface area contributed by atoms with Crippen molar-refractivity contribution in [3.63, 3.8) is 0 Å². The third-order valence-electron chi connectivity index (χ3n) is 0. The summed E-state index contributed by atoms with van der Waals surface area (Å²) in [5.74, 6) is 0. The van der Waals surface area contributed by atoms with Gasteiger partial charge in [0.05, 0.1) is 0 Å². The molecule has 0 atom stereocenters. The highest BCUT2D eigenvalue weighted by molar-refractivity contribution is 6.14. The predicted molar refractivity (Wildman–Crippen MR) is 26.9 cm³/mol. The molecule has 0 aromatic carbocycles. The summed E-state index contributed by atoms with van der Waals surface area (Å²) in [7, 11) is 2.72. The van der Waals surface area contributed by atoms with Crippen molar-refractivity contribution in [2.75, 3.05) is 0 Å². The molecule has 0 bridgehead atoms. The van der Waals surface area contributed by atoms with Crippen LogP contribution in [0, 0.1) is 0 Å². The van der Waals surface area contributed by atoms with Gasteiger partial charge in [0.15, 0.2) is 0 Å². The van der Waals surface area contributed by atoms with Gasteiger partial charge in [0.1, 0.15) is 0 Å². The van der Waals surface area contributed by atoms with Crippen LogP contribution in [0.2, 0.25) is 5.04 Å². The Balaban J connectivity index is 3.02. The first-order valence-corrected chi connectivity index (χ1v) is 2.37. The average molecular weight is 86.2 g/mol. The van der Waals surface area contributed by atoms with Gasteiger partial charge >= 0.3 is 0 Å². The maximum absolute atomic E-state index is 2.72. The third kappa shape index (κ3) is 441. The van der Waals surface area contributed by atoms with E-state index in [0.717, 1.165) is 0 Å². The Hall–Kier alpha value is 0.217. The van der Waals surface area contributed by atoms with Crippen molar-refractivity contribution >= 4 is 10.2 Å². The van der Waals surface area contributed by atoms with Gasteiger partial charge in [-0.1, -0.05) is 25.8 Å². The molecule has 0 aromatic rings. The summed E-state index contributed by atoms with van der Waals surface area (Å²) in [4.78, 5) is 0. The highest BCUT2D eigenvalue weighted by atomic mass is 28.1. The van der Waals surface area contributed by atoms with E-state index in [4.69, 9.17) is 0 Å². The van der Waals surface area contributed by atoms with E-state index in [1.807, 2.05) is 0 Å². The molecule has 0 aliphatic rings. The molecular weight excluding hydrogens is 76.1 g/mol. The molecule has 0 fully saturated rings. The predicted octanol–water partition coefficient (Wildman–Crippen LogP) is 1.11. The molecule has 0 unspecified atom stereocenters. The minimum absolute atomic E-state index is 0.417. The van der Waals surface area contributed by atoms with Gasteiger partial charge in [0.25, 0.3) is 0 Å². The van der Waals surface area contributed by atoms with Crippen molar-refractivity contribution in [3.05, 3.63) is 0 Å². The van der Waals surface area contributed by atoms with Gasteiger partial charge in [0.2, 0.25) is 0 Å². The van der Waals surface area contributed by atoms with Crippen molar-refractivity contribution in [3.8, 4) is 0 Å². The van der Waals surface area contributed by atoms with Crippen LogP contribution < -0.4 is 0 Å². The fourth-order valence-corrected chi connectivity index (χ4v) is 0. The molecule has 0 N–H and O–H groups in total. The maximum Gasteiger partial charge on any atom is 0.0220 e. The van der Waals surface area contributed by atoms with E-state index >= 15 is 0 Å². The first kappa shape index (κ1) is 5.22. The molecule has 0 spiro atoms. The molecule has 0 saturated carbocycles. The molecule has 0 aliphatic heterocycles. The molecule has 0 heterocycles. The topological polar surface area (TPSA) is 0 Å². The normalized spacial score (nSPS) is 12.0. The quantitative estimate of drug-likeness (QED) is 0.387. The van der Waals surface area contributed by atoms with Crippen LogP contribution in [0.5, 0.6) is 0 Å². The largest absolute Gasteiger partial charge is 0.0634 e. The van der Waals surface area contributed by atoms with Gasteiger partial charge in [-0.3, -0.25) is 0 Å². The smallest absolute Gasteiger partial charge is 0.0220 e. The van der Waals surface area contributed by atoms with E-state index in [9.17, 15) is 0 Å². The molecule has 5 heavy (non-hydrogen) atoms. The van der Waals surface area contributed by atoms with Crippen molar-refractivity contribution in [1.29, 1.82) is 0 Å².